The largest absolute Gasteiger partial charge is 0.461 e. The van der Waals surface area contributed by atoms with Crippen LogP contribution >= 0.6 is 0 Å². The number of aromatic amines is 1. The molecule has 0 radical (unpaired) electrons. The van der Waals surface area contributed by atoms with E-state index in [-0.39, 0.29) is 30.4 Å². The topological polar surface area (TPSA) is 88.7 Å². The van der Waals surface area contributed by atoms with E-state index in [1.54, 1.807) is 25.7 Å². The zero-order chi connectivity index (χ0) is 20.7. The molecule has 1 aromatic heterocycles. The SMILES string of the molecule is CCOC(=O)c1[nH]c(C)c(C(=O)OCC(=O)N(CC(C)C)CC(C)C)c1C. The number of carbonyl (C=O) groups excluding carboxylic acids is 3. The molecule has 0 spiro atoms. The summed E-state index contributed by atoms with van der Waals surface area (Å²) in [5.41, 5.74) is 1.47. The van der Waals surface area contributed by atoms with Crippen LogP contribution in [0.1, 0.15) is 66.7 Å². The van der Waals surface area contributed by atoms with Gasteiger partial charge in [0, 0.05) is 18.8 Å². The maximum absolute atomic E-state index is 12.5. The van der Waals surface area contributed by atoms with Crippen molar-refractivity contribution in [1.82, 2.24) is 9.88 Å². The minimum absolute atomic E-state index is 0.220. The van der Waals surface area contributed by atoms with E-state index in [0.29, 0.717) is 36.2 Å². The lowest BCUT2D eigenvalue weighted by Gasteiger charge is -2.26. The van der Waals surface area contributed by atoms with Crippen LogP contribution in [0, 0.1) is 25.7 Å². The van der Waals surface area contributed by atoms with Gasteiger partial charge in [-0.25, -0.2) is 9.59 Å². The molecule has 0 aliphatic rings. The second kappa shape index (κ2) is 10.1. The van der Waals surface area contributed by atoms with E-state index < -0.39 is 11.9 Å². The maximum atomic E-state index is 12.5. The quantitative estimate of drug-likeness (QED) is 0.665. The van der Waals surface area contributed by atoms with Crippen LogP contribution in [0.5, 0.6) is 0 Å². The van der Waals surface area contributed by atoms with Crippen LogP contribution in [-0.2, 0) is 14.3 Å². The normalized spacial score (nSPS) is 11.0. The Morgan fingerprint density at radius 3 is 2.00 bits per heavy atom. The standard InChI is InChI=1S/C20H32N2O5/c1-8-26-20(25)18-14(6)17(15(7)21-18)19(24)27-11-16(23)22(9-12(2)3)10-13(4)5/h12-13,21H,8-11H2,1-7H3. The third-order valence-corrected chi connectivity index (χ3v) is 3.97. The van der Waals surface area contributed by atoms with Gasteiger partial charge < -0.3 is 19.4 Å². The van der Waals surface area contributed by atoms with Gasteiger partial charge in [-0.3, -0.25) is 4.79 Å². The van der Waals surface area contributed by atoms with Gasteiger partial charge in [0.15, 0.2) is 6.61 Å². The third-order valence-electron chi connectivity index (χ3n) is 3.97. The first-order valence-corrected chi connectivity index (χ1v) is 9.39. The molecule has 0 unspecified atom stereocenters. The van der Waals surface area contributed by atoms with E-state index in [4.69, 9.17) is 9.47 Å². The van der Waals surface area contributed by atoms with Gasteiger partial charge in [0.05, 0.1) is 12.2 Å². The number of H-pyrrole nitrogens is 1. The fraction of sp³-hybridized carbons (Fsp3) is 0.650. The average molecular weight is 380 g/mol. The van der Waals surface area contributed by atoms with Gasteiger partial charge >= 0.3 is 11.9 Å². The van der Waals surface area contributed by atoms with Crippen molar-refractivity contribution in [3.63, 3.8) is 0 Å². The van der Waals surface area contributed by atoms with Crippen molar-refractivity contribution < 1.29 is 23.9 Å². The molecule has 7 nitrogen and oxygen atoms in total. The number of nitrogens with one attached hydrogen (secondary N) is 1. The first-order valence-electron chi connectivity index (χ1n) is 9.39. The minimum atomic E-state index is -0.626. The van der Waals surface area contributed by atoms with Crippen LogP contribution in [-0.4, -0.2) is 54.0 Å². The Morgan fingerprint density at radius 2 is 1.52 bits per heavy atom. The van der Waals surface area contributed by atoms with Gasteiger partial charge in [-0.05, 0) is 38.2 Å². The van der Waals surface area contributed by atoms with Crippen molar-refractivity contribution >= 4 is 17.8 Å². The van der Waals surface area contributed by atoms with Crippen molar-refractivity contribution in [2.45, 2.75) is 48.5 Å². The maximum Gasteiger partial charge on any atom is 0.355 e. The van der Waals surface area contributed by atoms with Crippen LogP contribution in [0.15, 0.2) is 0 Å². The Bertz CT molecular complexity index is 666. The lowest BCUT2D eigenvalue weighted by molar-refractivity contribution is -0.135. The zero-order valence-corrected chi connectivity index (χ0v) is 17.5. The highest BCUT2D eigenvalue weighted by Gasteiger charge is 2.25. The van der Waals surface area contributed by atoms with Crippen molar-refractivity contribution in [1.29, 1.82) is 0 Å². The lowest BCUT2D eigenvalue weighted by atomic mass is 10.1. The summed E-state index contributed by atoms with van der Waals surface area (Å²) in [6.45, 7) is 14.3. The van der Waals surface area contributed by atoms with Crippen LogP contribution in [0.25, 0.3) is 0 Å². The van der Waals surface area contributed by atoms with Crippen LogP contribution in [0.3, 0.4) is 0 Å². The highest BCUT2D eigenvalue weighted by molar-refractivity contribution is 5.99. The smallest absolute Gasteiger partial charge is 0.355 e. The molecule has 1 aromatic rings. The molecule has 0 saturated carbocycles. The summed E-state index contributed by atoms with van der Waals surface area (Å²) >= 11 is 0. The molecule has 0 atom stereocenters. The first-order chi connectivity index (χ1) is 12.6. The second-order valence-electron chi connectivity index (χ2n) is 7.51. The summed E-state index contributed by atoms with van der Waals surface area (Å²) in [5, 5.41) is 0. The van der Waals surface area contributed by atoms with Crippen LogP contribution < -0.4 is 0 Å². The van der Waals surface area contributed by atoms with Gasteiger partial charge in [0.25, 0.3) is 5.91 Å². The lowest BCUT2D eigenvalue weighted by Crippen LogP contribution is -2.39. The molecule has 1 heterocycles. The molecule has 0 fully saturated rings. The number of aryl methyl sites for hydroxylation is 1. The average Bonchev–Trinajstić information content (AvgIpc) is 2.85. The Morgan fingerprint density at radius 1 is 0.963 bits per heavy atom. The van der Waals surface area contributed by atoms with E-state index in [9.17, 15) is 14.4 Å². The number of aromatic nitrogens is 1. The predicted octanol–water partition coefficient (Wildman–Crippen LogP) is 3.11. The van der Waals surface area contributed by atoms with Gasteiger partial charge in [-0.15, -0.1) is 0 Å². The van der Waals surface area contributed by atoms with E-state index in [2.05, 4.69) is 4.98 Å². The molecule has 1 N–H and O–H groups in total. The van der Waals surface area contributed by atoms with Crippen molar-refractivity contribution in [2.24, 2.45) is 11.8 Å². The fourth-order valence-corrected chi connectivity index (χ4v) is 2.91. The van der Waals surface area contributed by atoms with Gasteiger partial charge in [-0.2, -0.15) is 0 Å². The Balaban J connectivity index is 2.84. The molecular weight excluding hydrogens is 348 g/mol. The van der Waals surface area contributed by atoms with E-state index >= 15 is 0 Å². The molecule has 0 aliphatic heterocycles. The Kier molecular flexibility index (Phi) is 8.53. The highest BCUT2D eigenvalue weighted by atomic mass is 16.5. The fourth-order valence-electron chi connectivity index (χ4n) is 2.91. The van der Waals surface area contributed by atoms with Crippen molar-refractivity contribution in [2.75, 3.05) is 26.3 Å². The minimum Gasteiger partial charge on any atom is -0.461 e. The summed E-state index contributed by atoms with van der Waals surface area (Å²) in [6.07, 6.45) is 0. The highest BCUT2D eigenvalue weighted by Crippen LogP contribution is 2.20. The van der Waals surface area contributed by atoms with Gasteiger partial charge in [-0.1, -0.05) is 27.7 Å². The number of rotatable bonds is 9. The van der Waals surface area contributed by atoms with E-state index in [1.807, 2.05) is 27.7 Å². The Hall–Kier alpha value is -2.31. The summed E-state index contributed by atoms with van der Waals surface area (Å²) in [7, 11) is 0. The van der Waals surface area contributed by atoms with Gasteiger partial charge in [0.1, 0.15) is 5.69 Å². The molecule has 0 bridgehead atoms. The number of carbonyl (C=O) groups is 3. The number of hydrogen-bond acceptors (Lipinski definition) is 5. The van der Waals surface area contributed by atoms with E-state index in [0.717, 1.165) is 0 Å². The monoisotopic (exact) mass is 380 g/mol. The molecule has 1 amide bonds. The molecule has 0 saturated heterocycles. The molecular formula is C20H32N2O5. The number of esters is 2. The zero-order valence-electron chi connectivity index (χ0n) is 17.5. The number of ether oxygens (including phenoxy) is 2. The van der Waals surface area contributed by atoms with Crippen molar-refractivity contribution in [3.05, 3.63) is 22.5 Å². The number of hydrogen-bond donors (Lipinski definition) is 1. The molecule has 0 aliphatic carbocycles. The Labute approximate surface area is 161 Å². The van der Waals surface area contributed by atoms with Crippen molar-refractivity contribution in [3.8, 4) is 0 Å². The predicted molar refractivity (Wildman–Crippen MR) is 103 cm³/mol. The molecule has 1 rings (SSSR count). The first kappa shape index (κ1) is 22.7. The summed E-state index contributed by atoms with van der Waals surface area (Å²) in [5.74, 6) is -0.718. The number of nitrogens with zero attached hydrogens (tertiary/aromatic N) is 1. The number of amides is 1. The molecule has 27 heavy (non-hydrogen) atoms. The van der Waals surface area contributed by atoms with Crippen LogP contribution in [0.4, 0.5) is 0 Å². The summed E-state index contributed by atoms with van der Waals surface area (Å²) in [4.78, 5) is 41.5. The summed E-state index contributed by atoms with van der Waals surface area (Å²) in [6, 6.07) is 0. The second-order valence-corrected chi connectivity index (χ2v) is 7.51. The molecule has 152 valence electrons. The molecule has 7 heteroatoms. The van der Waals surface area contributed by atoms with Crippen LogP contribution in [0.2, 0.25) is 0 Å². The third kappa shape index (κ3) is 6.41. The van der Waals surface area contributed by atoms with Gasteiger partial charge in [0.2, 0.25) is 0 Å². The summed E-state index contributed by atoms with van der Waals surface area (Å²) < 4.78 is 10.2. The molecule has 0 aromatic carbocycles. The van der Waals surface area contributed by atoms with E-state index in [1.165, 1.54) is 0 Å².